The molecule has 5 amide bonds. The number of alkyl carbamates (subject to hydrolysis) is 1. The van der Waals surface area contributed by atoms with Gasteiger partial charge in [-0.15, -0.1) is 0 Å². The standard InChI is InChI=1S/C65H73N5O10/c1-63(2,3)78-47-33-29-43(30-34-47)36-54(69-62(76)80-65(7,8)9)59(73)70-39-45-22-14-13-21-44(45)38-56(70)58(72)67-53(57(71)68-55(60(74)79-64(4,5)6)37-41-19-11-10-12-20-41)35-42-27-31-46(32-28-42)66-61(75)77-40-52-50-25-17-15-23-48(50)49-24-16-18-26-51(49)52/h10-34,52-56H,35-40H2,1-9H3,(H,66,75)(H,67,72)(H,68,71)(H,69,76)/t53-,54-,55-,56-/m0/s1. The molecule has 80 heavy (non-hydrogen) atoms. The number of anilines is 1. The molecule has 0 fully saturated rings. The Kier molecular flexibility index (Phi) is 17.8. The second-order valence-electron chi connectivity index (χ2n) is 23.4. The zero-order valence-electron chi connectivity index (χ0n) is 47.1. The molecule has 0 radical (unpaired) electrons. The molecule has 0 spiro atoms. The molecule has 0 saturated carbocycles. The van der Waals surface area contributed by atoms with Crippen molar-refractivity contribution in [1.82, 2.24) is 20.9 Å². The highest BCUT2D eigenvalue weighted by Crippen LogP contribution is 2.44. The van der Waals surface area contributed by atoms with Crippen LogP contribution in [0.25, 0.3) is 11.1 Å². The van der Waals surface area contributed by atoms with Crippen molar-refractivity contribution in [3.8, 4) is 16.9 Å². The zero-order valence-corrected chi connectivity index (χ0v) is 47.1. The van der Waals surface area contributed by atoms with E-state index < -0.39 is 76.8 Å². The van der Waals surface area contributed by atoms with Crippen LogP contribution in [0.5, 0.6) is 5.75 Å². The van der Waals surface area contributed by atoms with E-state index in [1.54, 1.807) is 77.9 Å². The summed E-state index contributed by atoms with van der Waals surface area (Å²) in [7, 11) is 0. The van der Waals surface area contributed by atoms with Crippen LogP contribution in [0.2, 0.25) is 0 Å². The summed E-state index contributed by atoms with van der Waals surface area (Å²) in [6, 6.07) is 42.1. The molecule has 15 nitrogen and oxygen atoms in total. The van der Waals surface area contributed by atoms with E-state index in [1.165, 1.54) is 4.90 Å². The number of nitrogens with zero attached hydrogens (tertiary/aromatic N) is 1. The summed E-state index contributed by atoms with van der Waals surface area (Å²) in [6.45, 7) is 16.4. The molecule has 15 heteroatoms. The third-order valence-corrected chi connectivity index (χ3v) is 13.5. The first-order chi connectivity index (χ1) is 37.9. The molecule has 2 aliphatic rings. The summed E-state index contributed by atoms with van der Waals surface area (Å²) in [5.74, 6) is -2.03. The van der Waals surface area contributed by atoms with Crippen LogP contribution < -0.4 is 26.0 Å². The number of hydrogen-bond acceptors (Lipinski definition) is 10. The van der Waals surface area contributed by atoms with E-state index in [9.17, 15) is 19.2 Å². The molecule has 1 aliphatic heterocycles. The van der Waals surface area contributed by atoms with E-state index in [0.29, 0.717) is 22.6 Å². The lowest BCUT2D eigenvalue weighted by Gasteiger charge is -2.38. The molecule has 4 N–H and O–H groups in total. The number of amides is 5. The van der Waals surface area contributed by atoms with Gasteiger partial charge in [0.1, 0.15) is 53.3 Å². The van der Waals surface area contributed by atoms with Crippen LogP contribution in [0.3, 0.4) is 0 Å². The molecule has 8 rings (SSSR count). The van der Waals surface area contributed by atoms with Gasteiger partial charge in [-0.1, -0.05) is 127 Å². The van der Waals surface area contributed by atoms with Gasteiger partial charge in [0.25, 0.3) is 0 Å². The highest BCUT2D eigenvalue weighted by atomic mass is 16.6. The topological polar surface area (TPSA) is 191 Å². The number of nitrogens with one attached hydrogen (secondary N) is 4. The smallest absolute Gasteiger partial charge is 0.411 e. The fourth-order valence-corrected chi connectivity index (χ4v) is 10.00. The van der Waals surface area contributed by atoms with Gasteiger partial charge in [0, 0.05) is 43.8 Å². The lowest BCUT2D eigenvalue weighted by atomic mass is 9.91. The summed E-state index contributed by atoms with van der Waals surface area (Å²) in [5, 5.41) is 11.5. The molecule has 6 aromatic carbocycles. The Hall–Kier alpha value is -8.46. The summed E-state index contributed by atoms with van der Waals surface area (Å²) >= 11 is 0. The minimum absolute atomic E-state index is 0.0186. The summed E-state index contributed by atoms with van der Waals surface area (Å²) in [4.78, 5) is 87.4. The van der Waals surface area contributed by atoms with Crippen LogP contribution in [0.15, 0.2) is 152 Å². The van der Waals surface area contributed by atoms with Crippen molar-refractivity contribution in [3.05, 3.63) is 191 Å². The van der Waals surface area contributed by atoms with Crippen LogP contribution in [-0.4, -0.2) is 88.4 Å². The minimum atomic E-state index is -1.30. The Morgan fingerprint density at radius 1 is 0.525 bits per heavy atom. The van der Waals surface area contributed by atoms with Gasteiger partial charge in [-0.3, -0.25) is 19.7 Å². The van der Waals surface area contributed by atoms with Crippen LogP contribution in [-0.2, 0) is 65.6 Å². The number of esters is 1. The van der Waals surface area contributed by atoms with Crippen molar-refractivity contribution >= 4 is 41.6 Å². The number of fused-ring (bicyclic) bond motifs is 4. The summed E-state index contributed by atoms with van der Waals surface area (Å²) in [6.07, 6.45) is -1.29. The molecule has 418 valence electrons. The number of hydrogen-bond donors (Lipinski definition) is 4. The van der Waals surface area contributed by atoms with E-state index in [4.69, 9.17) is 18.9 Å². The summed E-state index contributed by atoms with van der Waals surface area (Å²) in [5.41, 5.74) is 6.35. The number of benzene rings is 6. The molecule has 0 unspecified atom stereocenters. The molecular weight excluding hydrogens is 1010 g/mol. The Labute approximate surface area is 469 Å². The second kappa shape index (κ2) is 24.7. The van der Waals surface area contributed by atoms with E-state index >= 15 is 9.59 Å². The van der Waals surface area contributed by atoms with Gasteiger partial charge >= 0.3 is 18.2 Å². The lowest BCUT2D eigenvalue weighted by molar-refractivity contribution is -0.158. The Morgan fingerprint density at radius 3 is 1.65 bits per heavy atom. The molecule has 1 heterocycles. The average molecular weight is 1080 g/mol. The van der Waals surface area contributed by atoms with Crippen LogP contribution in [0, 0.1) is 0 Å². The maximum absolute atomic E-state index is 15.2. The molecule has 4 atom stereocenters. The maximum atomic E-state index is 15.2. The number of rotatable bonds is 17. The first-order valence-electron chi connectivity index (χ1n) is 27.2. The van der Waals surface area contributed by atoms with Crippen LogP contribution in [0.1, 0.15) is 107 Å². The number of ether oxygens (including phenoxy) is 4. The van der Waals surface area contributed by atoms with Gasteiger partial charge in [0.15, 0.2) is 0 Å². The Balaban J connectivity index is 1.06. The van der Waals surface area contributed by atoms with Crippen LogP contribution in [0.4, 0.5) is 15.3 Å². The number of carbonyl (C=O) groups excluding carboxylic acids is 6. The molecular formula is C65H73N5O10. The van der Waals surface area contributed by atoms with Gasteiger partial charge in [-0.05, 0) is 137 Å². The van der Waals surface area contributed by atoms with E-state index in [0.717, 1.165) is 38.9 Å². The van der Waals surface area contributed by atoms with Gasteiger partial charge in [-0.25, -0.2) is 14.4 Å². The highest BCUT2D eigenvalue weighted by Gasteiger charge is 2.41. The normalized spacial score (nSPS) is 15.1. The third-order valence-electron chi connectivity index (χ3n) is 13.5. The maximum Gasteiger partial charge on any atom is 0.411 e. The predicted octanol–water partition coefficient (Wildman–Crippen LogP) is 10.4. The van der Waals surface area contributed by atoms with E-state index in [1.807, 2.05) is 112 Å². The van der Waals surface area contributed by atoms with Crippen molar-refractivity contribution in [1.29, 1.82) is 0 Å². The van der Waals surface area contributed by atoms with Gasteiger partial charge in [0.2, 0.25) is 17.7 Å². The fraction of sp³-hybridized carbons (Fsp3) is 0.354. The van der Waals surface area contributed by atoms with E-state index in [-0.39, 0.29) is 44.8 Å². The Bertz CT molecular complexity index is 3130. The monoisotopic (exact) mass is 1080 g/mol. The largest absolute Gasteiger partial charge is 0.488 e. The van der Waals surface area contributed by atoms with Crippen molar-refractivity contribution in [2.75, 3.05) is 11.9 Å². The van der Waals surface area contributed by atoms with Crippen molar-refractivity contribution in [3.63, 3.8) is 0 Å². The highest BCUT2D eigenvalue weighted by molar-refractivity contribution is 5.96. The van der Waals surface area contributed by atoms with Crippen molar-refractivity contribution in [2.45, 2.75) is 141 Å². The van der Waals surface area contributed by atoms with Crippen molar-refractivity contribution in [2.24, 2.45) is 0 Å². The first-order valence-corrected chi connectivity index (χ1v) is 27.2. The van der Waals surface area contributed by atoms with Gasteiger partial charge in [-0.2, -0.15) is 0 Å². The zero-order chi connectivity index (χ0) is 57.4. The van der Waals surface area contributed by atoms with Gasteiger partial charge in [0.05, 0.1) is 0 Å². The minimum Gasteiger partial charge on any atom is -0.488 e. The summed E-state index contributed by atoms with van der Waals surface area (Å²) < 4.78 is 23.3. The predicted molar refractivity (Wildman–Crippen MR) is 307 cm³/mol. The molecule has 0 saturated heterocycles. The molecule has 0 bridgehead atoms. The lowest BCUT2D eigenvalue weighted by Crippen LogP contribution is -2.61. The molecule has 6 aromatic rings. The molecule has 0 aromatic heterocycles. The quantitative estimate of drug-likeness (QED) is 0.0505. The fourth-order valence-electron chi connectivity index (χ4n) is 10.00. The first kappa shape index (κ1) is 57.7. The third kappa shape index (κ3) is 15.6. The second-order valence-corrected chi connectivity index (χ2v) is 23.4. The molecule has 1 aliphatic carbocycles. The Morgan fingerprint density at radius 2 is 1.05 bits per heavy atom. The van der Waals surface area contributed by atoms with Crippen LogP contribution >= 0.6 is 0 Å². The SMILES string of the molecule is CC(C)(C)OC(=O)N[C@@H](Cc1ccc(OC(C)(C)C)cc1)C(=O)N1Cc2ccccc2C[C@H]1C(=O)N[C@@H](Cc1ccc(NC(=O)OCC2c3ccccc3-c3ccccc32)cc1)C(=O)N[C@@H](Cc1ccccc1)C(=O)OC(C)(C)C. The van der Waals surface area contributed by atoms with Gasteiger partial charge < -0.3 is 39.8 Å². The number of carbonyl (C=O) groups is 6. The average Bonchev–Trinajstić information content (AvgIpc) is 3.74. The van der Waals surface area contributed by atoms with Crippen molar-refractivity contribution < 1.29 is 47.7 Å². The van der Waals surface area contributed by atoms with E-state index in [2.05, 4.69) is 45.5 Å².